The Hall–Kier alpha value is -0.280. The fourth-order valence-corrected chi connectivity index (χ4v) is 1.60. The highest BCUT2D eigenvalue weighted by Crippen LogP contribution is 2.04. The van der Waals surface area contributed by atoms with Crippen molar-refractivity contribution in [2.75, 3.05) is 19.8 Å². The van der Waals surface area contributed by atoms with Crippen LogP contribution >= 0.6 is 0 Å². The SMILES string of the molecule is CCCCCCCCN.OCC(O)C(O)C(O)C(O)CO. The van der Waals surface area contributed by atoms with E-state index in [1.165, 1.54) is 38.5 Å². The van der Waals surface area contributed by atoms with Gasteiger partial charge in [0.1, 0.15) is 24.4 Å². The maximum atomic E-state index is 8.96. The Kier molecular flexibility index (Phi) is 17.6. The third kappa shape index (κ3) is 13.1. The van der Waals surface area contributed by atoms with Gasteiger partial charge >= 0.3 is 0 Å². The Morgan fingerprint density at radius 2 is 1.10 bits per heavy atom. The molecular formula is C14H33NO6. The fraction of sp³-hybridized carbons (Fsp3) is 1.00. The summed E-state index contributed by atoms with van der Waals surface area (Å²) in [4.78, 5) is 0. The third-order valence-corrected chi connectivity index (χ3v) is 3.07. The first-order chi connectivity index (χ1) is 9.95. The number of nitrogens with two attached hydrogens (primary N) is 1. The van der Waals surface area contributed by atoms with Gasteiger partial charge in [-0.15, -0.1) is 0 Å². The second-order valence-electron chi connectivity index (χ2n) is 5.04. The maximum absolute atomic E-state index is 8.96. The second kappa shape index (κ2) is 16.1. The highest BCUT2D eigenvalue weighted by molar-refractivity contribution is 4.79. The normalized spacial score (nSPS) is 16.6. The molecule has 4 atom stereocenters. The zero-order valence-corrected chi connectivity index (χ0v) is 12.9. The van der Waals surface area contributed by atoms with Crippen molar-refractivity contribution in [3.8, 4) is 0 Å². The van der Waals surface area contributed by atoms with E-state index in [-0.39, 0.29) is 0 Å². The van der Waals surface area contributed by atoms with Crippen LogP contribution in [0.3, 0.4) is 0 Å². The van der Waals surface area contributed by atoms with Crippen molar-refractivity contribution < 1.29 is 30.6 Å². The van der Waals surface area contributed by atoms with Crippen LogP contribution in [-0.2, 0) is 0 Å². The van der Waals surface area contributed by atoms with Crippen molar-refractivity contribution in [2.45, 2.75) is 69.9 Å². The molecule has 0 aromatic heterocycles. The summed E-state index contributed by atoms with van der Waals surface area (Å²) in [6.07, 6.45) is 1.66. The van der Waals surface area contributed by atoms with Gasteiger partial charge < -0.3 is 36.4 Å². The Balaban J connectivity index is 0. The molecule has 0 saturated carbocycles. The van der Waals surface area contributed by atoms with Crippen molar-refractivity contribution in [1.82, 2.24) is 0 Å². The number of aliphatic hydroxyl groups is 6. The quantitative estimate of drug-likeness (QED) is 0.235. The molecule has 7 nitrogen and oxygen atoms in total. The van der Waals surface area contributed by atoms with Crippen molar-refractivity contribution in [3.63, 3.8) is 0 Å². The van der Waals surface area contributed by atoms with Gasteiger partial charge in [0.2, 0.25) is 0 Å². The molecule has 0 spiro atoms. The molecule has 8 N–H and O–H groups in total. The van der Waals surface area contributed by atoms with Gasteiger partial charge in [0.25, 0.3) is 0 Å². The molecule has 0 bridgehead atoms. The van der Waals surface area contributed by atoms with E-state index in [4.69, 9.17) is 36.4 Å². The van der Waals surface area contributed by atoms with Gasteiger partial charge in [0.05, 0.1) is 13.2 Å². The lowest BCUT2D eigenvalue weighted by molar-refractivity contribution is -0.123. The van der Waals surface area contributed by atoms with Gasteiger partial charge in [-0.2, -0.15) is 0 Å². The molecule has 4 unspecified atom stereocenters. The van der Waals surface area contributed by atoms with Crippen LogP contribution in [0.25, 0.3) is 0 Å². The number of aliphatic hydroxyl groups excluding tert-OH is 6. The van der Waals surface area contributed by atoms with Crippen molar-refractivity contribution >= 4 is 0 Å². The van der Waals surface area contributed by atoms with E-state index < -0.39 is 37.6 Å². The van der Waals surface area contributed by atoms with E-state index >= 15 is 0 Å². The molecule has 0 heterocycles. The van der Waals surface area contributed by atoms with E-state index in [9.17, 15) is 0 Å². The lowest BCUT2D eigenvalue weighted by Crippen LogP contribution is -2.46. The van der Waals surface area contributed by atoms with Gasteiger partial charge in [-0.25, -0.2) is 0 Å². The third-order valence-electron chi connectivity index (χ3n) is 3.07. The molecule has 130 valence electrons. The van der Waals surface area contributed by atoms with Crippen molar-refractivity contribution in [3.05, 3.63) is 0 Å². The zero-order chi connectivity index (χ0) is 16.7. The van der Waals surface area contributed by atoms with Crippen LogP contribution in [-0.4, -0.2) is 74.8 Å². The highest BCUT2D eigenvalue weighted by atomic mass is 16.4. The Morgan fingerprint density at radius 1 is 0.714 bits per heavy atom. The molecule has 0 amide bonds. The molecule has 0 aliphatic rings. The average Bonchev–Trinajstić information content (AvgIpc) is 2.52. The Labute approximate surface area is 127 Å². The van der Waals surface area contributed by atoms with E-state index in [0.29, 0.717) is 0 Å². The number of unbranched alkanes of at least 4 members (excludes halogenated alkanes) is 5. The summed E-state index contributed by atoms with van der Waals surface area (Å²) in [5.74, 6) is 0. The standard InChI is InChI=1S/C8H19N.C6H14O6/c1-2-3-4-5-6-7-8-9;7-1-3(9)5(11)6(12)4(10)2-8/h2-9H2,1H3;3-12H,1-2H2. The number of hydrogen-bond acceptors (Lipinski definition) is 7. The predicted octanol–water partition coefficient (Wildman–Crippen LogP) is -1.28. The van der Waals surface area contributed by atoms with Gasteiger partial charge in [-0.05, 0) is 13.0 Å². The predicted molar refractivity (Wildman–Crippen MR) is 80.6 cm³/mol. The van der Waals surface area contributed by atoms with Crippen molar-refractivity contribution in [2.24, 2.45) is 5.73 Å². The van der Waals surface area contributed by atoms with Crippen LogP contribution in [0.1, 0.15) is 45.4 Å². The molecule has 21 heavy (non-hydrogen) atoms. The van der Waals surface area contributed by atoms with Gasteiger partial charge in [0, 0.05) is 0 Å². The lowest BCUT2D eigenvalue weighted by atomic mass is 10.0. The molecule has 0 aliphatic carbocycles. The van der Waals surface area contributed by atoms with E-state index in [1.54, 1.807) is 0 Å². The lowest BCUT2D eigenvalue weighted by Gasteiger charge is -2.24. The summed E-state index contributed by atoms with van der Waals surface area (Å²) in [7, 11) is 0. The second-order valence-corrected chi connectivity index (χ2v) is 5.04. The van der Waals surface area contributed by atoms with Gasteiger partial charge in [-0.1, -0.05) is 39.0 Å². The average molecular weight is 311 g/mol. The molecule has 0 aromatic rings. The molecular weight excluding hydrogens is 278 g/mol. The van der Waals surface area contributed by atoms with E-state index in [0.717, 1.165) is 6.54 Å². The van der Waals surface area contributed by atoms with Crippen LogP contribution < -0.4 is 5.73 Å². The summed E-state index contributed by atoms with van der Waals surface area (Å²) in [5.41, 5.74) is 5.34. The monoisotopic (exact) mass is 311 g/mol. The Bertz CT molecular complexity index is 188. The molecule has 0 fully saturated rings. The van der Waals surface area contributed by atoms with Gasteiger partial charge in [0.15, 0.2) is 0 Å². The number of rotatable bonds is 11. The van der Waals surface area contributed by atoms with Crippen LogP contribution in [0, 0.1) is 0 Å². The van der Waals surface area contributed by atoms with E-state index in [1.807, 2.05) is 0 Å². The Morgan fingerprint density at radius 3 is 1.43 bits per heavy atom. The van der Waals surface area contributed by atoms with E-state index in [2.05, 4.69) is 6.92 Å². The molecule has 0 saturated heterocycles. The first-order valence-electron chi connectivity index (χ1n) is 7.60. The molecule has 0 radical (unpaired) electrons. The van der Waals surface area contributed by atoms with Crippen LogP contribution in [0.4, 0.5) is 0 Å². The smallest absolute Gasteiger partial charge is 0.111 e. The summed E-state index contributed by atoms with van der Waals surface area (Å²) >= 11 is 0. The highest BCUT2D eigenvalue weighted by Gasteiger charge is 2.29. The molecule has 0 aromatic carbocycles. The first kappa shape index (κ1) is 23.0. The van der Waals surface area contributed by atoms with Crippen LogP contribution in [0.15, 0.2) is 0 Å². The largest absolute Gasteiger partial charge is 0.394 e. The first-order valence-corrected chi connectivity index (χ1v) is 7.60. The molecule has 7 heteroatoms. The fourth-order valence-electron chi connectivity index (χ4n) is 1.60. The minimum absolute atomic E-state index is 0.726. The molecule has 0 rings (SSSR count). The zero-order valence-electron chi connectivity index (χ0n) is 12.9. The van der Waals surface area contributed by atoms with Crippen LogP contribution in [0.2, 0.25) is 0 Å². The summed E-state index contributed by atoms with van der Waals surface area (Å²) in [5, 5.41) is 52.2. The molecule has 0 aliphatic heterocycles. The van der Waals surface area contributed by atoms with Gasteiger partial charge in [-0.3, -0.25) is 0 Å². The topological polar surface area (TPSA) is 147 Å². The van der Waals surface area contributed by atoms with Crippen molar-refractivity contribution in [1.29, 1.82) is 0 Å². The summed E-state index contributed by atoms with van der Waals surface area (Å²) in [6.45, 7) is 1.65. The summed E-state index contributed by atoms with van der Waals surface area (Å²) < 4.78 is 0. The number of hydrogen-bond donors (Lipinski definition) is 7. The maximum Gasteiger partial charge on any atom is 0.111 e. The van der Waals surface area contributed by atoms with Crippen LogP contribution in [0.5, 0.6) is 0 Å². The minimum atomic E-state index is -1.67. The summed E-state index contributed by atoms with van der Waals surface area (Å²) in [6, 6.07) is 0. The minimum Gasteiger partial charge on any atom is -0.394 e.